The Morgan fingerprint density at radius 2 is 2.04 bits per heavy atom. The van der Waals surface area contributed by atoms with Gasteiger partial charge in [0.25, 0.3) is 11.9 Å². The molecule has 0 bridgehead atoms. The normalized spacial score (nSPS) is 11.2. The van der Waals surface area contributed by atoms with E-state index in [4.69, 9.17) is 4.42 Å². The number of fused-ring (bicyclic) bond motifs is 2. The number of hydrogen-bond donors (Lipinski definition) is 1. The predicted octanol–water partition coefficient (Wildman–Crippen LogP) is 3.85. The minimum atomic E-state index is -0.297. The molecule has 0 saturated heterocycles. The molecule has 7 nitrogen and oxygen atoms in total. The molecule has 3 aromatic heterocycles. The average Bonchev–Trinajstić information content (AvgIpc) is 3.36. The predicted molar refractivity (Wildman–Crippen MR) is 98.3 cm³/mol. The van der Waals surface area contributed by atoms with Gasteiger partial charge in [0.2, 0.25) is 4.96 Å². The Kier molecular flexibility index (Phi) is 3.29. The van der Waals surface area contributed by atoms with Crippen LogP contribution in [-0.4, -0.2) is 25.5 Å². The molecular formula is C18H11N5O2S. The first-order valence-corrected chi connectivity index (χ1v) is 8.70. The van der Waals surface area contributed by atoms with Gasteiger partial charge in [-0.25, -0.2) is 9.50 Å². The van der Waals surface area contributed by atoms with Crippen LogP contribution >= 0.6 is 11.3 Å². The van der Waals surface area contributed by atoms with Crippen molar-refractivity contribution in [1.82, 2.24) is 19.6 Å². The quantitative estimate of drug-likeness (QED) is 0.527. The number of oxazole rings is 1. The number of benzene rings is 2. The second-order valence-electron chi connectivity index (χ2n) is 5.61. The third kappa shape index (κ3) is 2.44. The highest BCUT2D eigenvalue weighted by Crippen LogP contribution is 2.25. The molecule has 3 heterocycles. The number of aromatic nitrogens is 4. The van der Waals surface area contributed by atoms with Crippen LogP contribution in [0.4, 0.5) is 5.95 Å². The first kappa shape index (κ1) is 14.8. The van der Waals surface area contributed by atoms with Crippen molar-refractivity contribution in [1.29, 1.82) is 0 Å². The van der Waals surface area contributed by atoms with Gasteiger partial charge in [-0.05, 0) is 18.2 Å². The number of anilines is 1. The Bertz CT molecular complexity index is 1240. The molecule has 0 unspecified atom stereocenters. The molecule has 2 aromatic carbocycles. The smallest absolute Gasteiger partial charge is 0.258 e. The minimum absolute atomic E-state index is 0.263. The topological polar surface area (TPSA) is 85.3 Å². The molecule has 0 saturated carbocycles. The summed E-state index contributed by atoms with van der Waals surface area (Å²) in [6.45, 7) is 0. The molecule has 0 radical (unpaired) electrons. The number of amides is 1. The Hall–Kier alpha value is -3.52. The standard InChI is InChI=1S/C18H11N5O2S/c24-16(12-6-7-15-13(8-12)19-10-25-15)20-17-21-18-23(22-17)14(9-26-18)11-4-2-1-3-5-11/h1-10H,(H,20,22,24). The lowest BCUT2D eigenvalue weighted by atomic mass is 10.2. The van der Waals surface area contributed by atoms with Gasteiger partial charge in [0.05, 0.1) is 5.69 Å². The van der Waals surface area contributed by atoms with Crippen LogP contribution in [0.15, 0.2) is 64.7 Å². The summed E-state index contributed by atoms with van der Waals surface area (Å²) in [6, 6.07) is 15.0. The molecule has 26 heavy (non-hydrogen) atoms. The van der Waals surface area contributed by atoms with Crippen molar-refractivity contribution in [2.24, 2.45) is 0 Å². The molecule has 1 amide bonds. The van der Waals surface area contributed by atoms with Gasteiger partial charge in [-0.2, -0.15) is 4.98 Å². The molecular weight excluding hydrogens is 350 g/mol. The number of rotatable bonds is 3. The lowest BCUT2D eigenvalue weighted by molar-refractivity contribution is 0.102. The fraction of sp³-hybridized carbons (Fsp3) is 0. The summed E-state index contributed by atoms with van der Waals surface area (Å²) < 4.78 is 6.92. The zero-order valence-corrected chi connectivity index (χ0v) is 14.1. The zero-order chi connectivity index (χ0) is 17.5. The summed E-state index contributed by atoms with van der Waals surface area (Å²) in [5, 5.41) is 9.15. The van der Waals surface area contributed by atoms with Crippen LogP contribution in [0.25, 0.3) is 27.3 Å². The van der Waals surface area contributed by atoms with Gasteiger partial charge in [0, 0.05) is 16.5 Å². The molecule has 0 aliphatic rings. The van der Waals surface area contributed by atoms with E-state index in [1.807, 2.05) is 35.7 Å². The van der Waals surface area contributed by atoms with Crippen LogP contribution in [0.3, 0.4) is 0 Å². The molecule has 8 heteroatoms. The zero-order valence-electron chi connectivity index (χ0n) is 13.3. The third-order valence-electron chi connectivity index (χ3n) is 3.97. The van der Waals surface area contributed by atoms with Crippen molar-refractivity contribution in [2.75, 3.05) is 5.32 Å². The summed E-state index contributed by atoms with van der Waals surface area (Å²) in [5.41, 5.74) is 3.70. The monoisotopic (exact) mass is 361 g/mol. The molecule has 5 rings (SSSR count). The second kappa shape index (κ2) is 5.78. The van der Waals surface area contributed by atoms with Gasteiger partial charge in [-0.15, -0.1) is 16.4 Å². The van der Waals surface area contributed by atoms with Crippen molar-refractivity contribution in [2.45, 2.75) is 0 Å². The van der Waals surface area contributed by atoms with Crippen molar-refractivity contribution >= 4 is 39.3 Å². The SMILES string of the molecule is O=C(Nc1nc2scc(-c3ccccc3)n2n1)c1ccc2ocnc2c1. The average molecular weight is 361 g/mol. The van der Waals surface area contributed by atoms with E-state index >= 15 is 0 Å². The highest BCUT2D eigenvalue weighted by atomic mass is 32.1. The minimum Gasteiger partial charge on any atom is -0.443 e. The molecule has 0 atom stereocenters. The summed E-state index contributed by atoms with van der Waals surface area (Å²) in [5.74, 6) is -0.0336. The van der Waals surface area contributed by atoms with E-state index in [0.29, 0.717) is 21.6 Å². The molecule has 126 valence electrons. The number of nitrogens with zero attached hydrogens (tertiary/aromatic N) is 4. The van der Waals surface area contributed by atoms with Crippen molar-refractivity contribution in [3.63, 3.8) is 0 Å². The molecule has 0 aliphatic heterocycles. The van der Waals surface area contributed by atoms with Gasteiger partial charge < -0.3 is 4.42 Å². The van der Waals surface area contributed by atoms with E-state index < -0.39 is 0 Å². The van der Waals surface area contributed by atoms with Crippen LogP contribution in [-0.2, 0) is 0 Å². The Labute approximate surface area is 150 Å². The Balaban J connectivity index is 1.46. The molecule has 1 N–H and O–H groups in total. The van der Waals surface area contributed by atoms with E-state index in [9.17, 15) is 4.79 Å². The number of nitrogens with one attached hydrogen (secondary N) is 1. The Morgan fingerprint density at radius 1 is 1.15 bits per heavy atom. The van der Waals surface area contributed by atoms with Crippen LogP contribution in [0.1, 0.15) is 10.4 Å². The van der Waals surface area contributed by atoms with E-state index in [2.05, 4.69) is 20.4 Å². The lowest BCUT2D eigenvalue weighted by Gasteiger charge is -2.01. The van der Waals surface area contributed by atoms with Crippen molar-refractivity contribution < 1.29 is 9.21 Å². The first-order chi connectivity index (χ1) is 12.8. The fourth-order valence-electron chi connectivity index (χ4n) is 2.71. The van der Waals surface area contributed by atoms with Crippen LogP contribution in [0.5, 0.6) is 0 Å². The third-order valence-corrected chi connectivity index (χ3v) is 4.79. The van der Waals surface area contributed by atoms with E-state index in [0.717, 1.165) is 11.3 Å². The molecule has 0 fully saturated rings. The van der Waals surface area contributed by atoms with Gasteiger partial charge in [0.1, 0.15) is 5.52 Å². The van der Waals surface area contributed by atoms with E-state index in [1.165, 1.54) is 17.7 Å². The van der Waals surface area contributed by atoms with Crippen LogP contribution in [0.2, 0.25) is 0 Å². The summed E-state index contributed by atoms with van der Waals surface area (Å²) in [4.78, 5) is 21.6. The summed E-state index contributed by atoms with van der Waals surface area (Å²) >= 11 is 1.47. The molecule has 0 aliphatic carbocycles. The molecule has 5 aromatic rings. The maximum atomic E-state index is 12.5. The lowest BCUT2D eigenvalue weighted by Crippen LogP contribution is -2.13. The fourth-order valence-corrected chi connectivity index (χ4v) is 3.55. The maximum Gasteiger partial charge on any atom is 0.258 e. The van der Waals surface area contributed by atoms with Gasteiger partial charge >= 0.3 is 0 Å². The van der Waals surface area contributed by atoms with Crippen LogP contribution < -0.4 is 5.32 Å². The summed E-state index contributed by atoms with van der Waals surface area (Å²) in [7, 11) is 0. The molecule has 0 spiro atoms. The maximum absolute atomic E-state index is 12.5. The second-order valence-corrected chi connectivity index (χ2v) is 6.44. The highest BCUT2D eigenvalue weighted by Gasteiger charge is 2.15. The van der Waals surface area contributed by atoms with Gasteiger partial charge in [-0.1, -0.05) is 30.3 Å². The largest absolute Gasteiger partial charge is 0.443 e. The van der Waals surface area contributed by atoms with E-state index in [-0.39, 0.29) is 11.9 Å². The number of carbonyl (C=O) groups is 1. The number of hydrogen-bond acceptors (Lipinski definition) is 6. The Morgan fingerprint density at radius 3 is 2.92 bits per heavy atom. The number of thiazole rings is 1. The van der Waals surface area contributed by atoms with Gasteiger partial charge in [-0.3, -0.25) is 10.1 Å². The van der Waals surface area contributed by atoms with Crippen molar-refractivity contribution in [3.8, 4) is 11.3 Å². The van der Waals surface area contributed by atoms with Crippen molar-refractivity contribution in [3.05, 3.63) is 65.9 Å². The number of carbonyl (C=O) groups excluding carboxylic acids is 1. The highest BCUT2D eigenvalue weighted by molar-refractivity contribution is 7.15. The summed E-state index contributed by atoms with van der Waals surface area (Å²) in [6.07, 6.45) is 1.35. The van der Waals surface area contributed by atoms with E-state index in [1.54, 1.807) is 22.7 Å². The first-order valence-electron chi connectivity index (χ1n) is 7.82. The van der Waals surface area contributed by atoms with Crippen LogP contribution in [0, 0.1) is 0 Å². The van der Waals surface area contributed by atoms with Gasteiger partial charge in [0.15, 0.2) is 12.0 Å².